The Morgan fingerprint density at radius 1 is 0.810 bits per heavy atom. The van der Waals surface area contributed by atoms with Crippen molar-refractivity contribution < 1.29 is 9.53 Å². The molecule has 3 aromatic rings. The van der Waals surface area contributed by atoms with Crippen molar-refractivity contribution in [1.82, 2.24) is 0 Å². The molecule has 0 fully saturated rings. The number of ketones is 1. The van der Waals surface area contributed by atoms with Gasteiger partial charge in [0.15, 0.2) is 5.76 Å². The van der Waals surface area contributed by atoms with Gasteiger partial charge in [0.1, 0.15) is 5.75 Å². The first-order valence-corrected chi connectivity index (χ1v) is 6.83. The predicted molar refractivity (Wildman–Crippen MR) is 83.3 cm³/mol. The molecular formula is C19H12O2. The normalized spacial score (nSPS) is 15.2. The van der Waals surface area contributed by atoms with Crippen molar-refractivity contribution >= 4 is 22.6 Å². The van der Waals surface area contributed by atoms with Crippen molar-refractivity contribution in [3.63, 3.8) is 0 Å². The van der Waals surface area contributed by atoms with Gasteiger partial charge in [-0.25, -0.2) is 0 Å². The van der Waals surface area contributed by atoms with E-state index in [-0.39, 0.29) is 5.78 Å². The van der Waals surface area contributed by atoms with Crippen molar-refractivity contribution in [2.24, 2.45) is 0 Å². The number of benzene rings is 3. The molecule has 0 radical (unpaired) electrons. The molecule has 4 rings (SSSR count). The molecule has 1 heterocycles. The summed E-state index contributed by atoms with van der Waals surface area (Å²) in [4.78, 5) is 12.3. The van der Waals surface area contributed by atoms with E-state index in [2.05, 4.69) is 18.2 Å². The van der Waals surface area contributed by atoms with Crippen LogP contribution in [0.5, 0.6) is 5.75 Å². The van der Waals surface area contributed by atoms with Gasteiger partial charge in [0.05, 0.1) is 5.56 Å². The van der Waals surface area contributed by atoms with E-state index in [1.165, 1.54) is 5.39 Å². The summed E-state index contributed by atoms with van der Waals surface area (Å²) in [6.07, 6.45) is 1.80. The first kappa shape index (κ1) is 11.9. The standard InChI is InChI=1S/C19H12O2/c20-19-16-7-3-4-8-17(16)21-18(19)12-13-9-10-14-5-1-2-6-15(14)11-13/h1-12H. The molecule has 0 atom stereocenters. The maximum atomic E-state index is 12.3. The molecule has 0 amide bonds. The van der Waals surface area contributed by atoms with E-state index in [0.29, 0.717) is 17.1 Å². The van der Waals surface area contributed by atoms with Gasteiger partial charge < -0.3 is 4.74 Å². The fourth-order valence-electron chi connectivity index (χ4n) is 2.58. The number of carbonyl (C=O) groups is 1. The maximum absolute atomic E-state index is 12.3. The third-order valence-electron chi connectivity index (χ3n) is 3.65. The SMILES string of the molecule is O=C1C(=Cc2ccc3ccccc3c2)Oc2ccccc21. The van der Waals surface area contributed by atoms with E-state index >= 15 is 0 Å². The van der Waals surface area contributed by atoms with Crippen LogP contribution < -0.4 is 4.74 Å². The van der Waals surface area contributed by atoms with Crippen molar-refractivity contribution in [2.75, 3.05) is 0 Å². The minimum Gasteiger partial charge on any atom is -0.452 e. The summed E-state index contributed by atoms with van der Waals surface area (Å²) in [5.74, 6) is 0.958. The van der Waals surface area contributed by atoms with Crippen LogP contribution in [0, 0.1) is 0 Å². The second-order valence-electron chi connectivity index (χ2n) is 5.04. The van der Waals surface area contributed by atoms with Crippen LogP contribution in [0.1, 0.15) is 15.9 Å². The van der Waals surface area contributed by atoms with Gasteiger partial charge in [0.2, 0.25) is 5.78 Å². The van der Waals surface area contributed by atoms with E-state index in [4.69, 9.17) is 4.74 Å². The fraction of sp³-hybridized carbons (Fsp3) is 0. The lowest BCUT2D eigenvalue weighted by molar-refractivity contribution is 0.101. The van der Waals surface area contributed by atoms with Crippen molar-refractivity contribution in [3.05, 3.63) is 83.6 Å². The summed E-state index contributed by atoms with van der Waals surface area (Å²) in [5.41, 5.74) is 1.59. The molecule has 21 heavy (non-hydrogen) atoms. The monoisotopic (exact) mass is 272 g/mol. The Bertz CT molecular complexity index is 891. The second-order valence-corrected chi connectivity index (χ2v) is 5.04. The van der Waals surface area contributed by atoms with Crippen LogP contribution in [-0.2, 0) is 0 Å². The number of allylic oxidation sites excluding steroid dienone is 1. The Morgan fingerprint density at radius 2 is 1.57 bits per heavy atom. The second kappa shape index (κ2) is 4.60. The van der Waals surface area contributed by atoms with Crippen LogP contribution in [0.3, 0.4) is 0 Å². The van der Waals surface area contributed by atoms with Gasteiger partial charge in [-0.3, -0.25) is 4.79 Å². The van der Waals surface area contributed by atoms with Crippen LogP contribution in [0.2, 0.25) is 0 Å². The molecule has 100 valence electrons. The topological polar surface area (TPSA) is 26.3 Å². The Balaban J connectivity index is 1.76. The summed E-state index contributed by atoms with van der Waals surface area (Å²) >= 11 is 0. The predicted octanol–water partition coefficient (Wildman–Crippen LogP) is 4.46. The highest BCUT2D eigenvalue weighted by atomic mass is 16.5. The number of carbonyl (C=O) groups excluding carboxylic acids is 1. The molecule has 0 spiro atoms. The fourth-order valence-corrected chi connectivity index (χ4v) is 2.58. The molecular weight excluding hydrogens is 260 g/mol. The molecule has 1 aliphatic heterocycles. The van der Waals surface area contributed by atoms with Crippen molar-refractivity contribution in [1.29, 1.82) is 0 Å². The molecule has 0 unspecified atom stereocenters. The minimum absolute atomic E-state index is 0.0567. The lowest BCUT2D eigenvalue weighted by Crippen LogP contribution is -1.97. The van der Waals surface area contributed by atoms with Crippen LogP contribution >= 0.6 is 0 Å². The Hall–Kier alpha value is -2.87. The number of fused-ring (bicyclic) bond motifs is 2. The van der Waals surface area contributed by atoms with Crippen LogP contribution in [0.25, 0.3) is 16.8 Å². The molecule has 0 saturated carbocycles. The first-order valence-electron chi connectivity index (χ1n) is 6.83. The number of Topliss-reactive ketones (excluding diaryl/α,β-unsaturated/α-hetero) is 1. The molecule has 2 heteroatoms. The highest BCUT2D eigenvalue weighted by molar-refractivity contribution is 6.14. The maximum Gasteiger partial charge on any atom is 0.231 e. The zero-order valence-electron chi connectivity index (χ0n) is 11.2. The average Bonchev–Trinajstić information content (AvgIpc) is 2.84. The summed E-state index contributed by atoms with van der Waals surface area (Å²) in [5, 5.41) is 2.33. The van der Waals surface area contributed by atoms with Gasteiger partial charge in [-0.1, -0.05) is 48.5 Å². The Labute approximate surface area is 122 Å². The van der Waals surface area contributed by atoms with E-state index in [0.717, 1.165) is 10.9 Å². The minimum atomic E-state index is -0.0567. The van der Waals surface area contributed by atoms with E-state index < -0.39 is 0 Å². The molecule has 0 aromatic heterocycles. The highest BCUT2D eigenvalue weighted by Crippen LogP contribution is 2.31. The van der Waals surface area contributed by atoms with Crippen LogP contribution in [0.4, 0.5) is 0 Å². The molecule has 0 aliphatic carbocycles. The van der Waals surface area contributed by atoms with Crippen LogP contribution in [-0.4, -0.2) is 5.78 Å². The van der Waals surface area contributed by atoms with Gasteiger partial charge >= 0.3 is 0 Å². The number of para-hydroxylation sites is 1. The van der Waals surface area contributed by atoms with E-state index in [9.17, 15) is 4.79 Å². The quantitative estimate of drug-likeness (QED) is 0.611. The van der Waals surface area contributed by atoms with Crippen molar-refractivity contribution in [3.8, 4) is 5.75 Å². The molecule has 2 nitrogen and oxygen atoms in total. The van der Waals surface area contributed by atoms with Crippen LogP contribution in [0.15, 0.2) is 72.5 Å². The largest absolute Gasteiger partial charge is 0.452 e. The van der Waals surface area contributed by atoms with E-state index in [1.807, 2.05) is 42.5 Å². The molecule has 3 aromatic carbocycles. The van der Waals surface area contributed by atoms with Crippen molar-refractivity contribution in [2.45, 2.75) is 0 Å². The van der Waals surface area contributed by atoms with Gasteiger partial charge in [0.25, 0.3) is 0 Å². The molecule has 0 bridgehead atoms. The number of rotatable bonds is 1. The summed E-state index contributed by atoms with van der Waals surface area (Å²) in [7, 11) is 0. The van der Waals surface area contributed by atoms with E-state index in [1.54, 1.807) is 12.1 Å². The highest BCUT2D eigenvalue weighted by Gasteiger charge is 2.26. The Morgan fingerprint density at radius 3 is 2.43 bits per heavy atom. The zero-order valence-corrected chi connectivity index (χ0v) is 11.2. The third-order valence-corrected chi connectivity index (χ3v) is 3.65. The summed E-state index contributed by atoms with van der Waals surface area (Å²) in [6, 6.07) is 21.6. The first-order chi connectivity index (χ1) is 10.3. The zero-order chi connectivity index (χ0) is 14.2. The van der Waals surface area contributed by atoms with Gasteiger partial charge in [0, 0.05) is 0 Å². The third kappa shape index (κ3) is 2.01. The lowest BCUT2D eigenvalue weighted by atomic mass is 10.1. The average molecular weight is 272 g/mol. The smallest absolute Gasteiger partial charge is 0.231 e. The molecule has 1 aliphatic rings. The van der Waals surface area contributed by atoms with Gasteiger partial charge in [-0.2, -0.15) is 0 Å². The Kier molecular flexibility index (Phi) is 2.61. The summed E-state index contributed by atoms with van der Waals surface area (Å²) < 4.78 is 5.65. The lowest BCUT2D eigenvalue weighted by Gasteiger charge is -2.01. The number of hydrogen-bond donors (Lipinski definition) is 0. The number of ether oxygens (including phenoxy) is 1. The molecule has 0 N–H and O–H groups in total. The number of hydrogen-bond acceptors (Lipinski definition) is 2. The summed E-state index contributed by atoms with van der Waals surface area (Å²) in [6.45, 7) is 0. The molecule has 0 saturated heterocycles. The van der Waals surface area contributed by atoms with Gasteiger partial charge in [-0.15, -0.1) is 0 Å². The van der Waals surface area contributed by atoms with Gasteiger partial charge in [-0.05, 0) is 40.6 Å².